The Morgan fingerprint density at radius 2 is 2.55 bits per heavy atom. The van der Waals surface area contributed by atoms with Crippen molar-refractivity contribution in [3.63, 3.8) is 0 Å². The molecule has 1 amide bonds. The van der Waals surface area contributed by atoms with Crippen LogP contribution in [0.3, 0.4) is 0 Å². The molecule has 0 saturated heterocycles. The number of rotatable bonds is 1. The molecule has 11 heavy (non-hydrogen) atoms. The molecule has 1 aliphatic heterocycles. The van der Waals surface area contributed by atoms with Crippen LogP contribution in [0.25, 0.3) is 0 Å². The van der Waals surface area contributed by atoms with Gasteiger partial charge in [-0.15, -0.1) is 0 Å². The number of hydrogen-bond acceptors (Lipinski definition) is 2. The van der Waals surface area contributed by atoms with Crippen molar-refractivity contribution in [3.8, 4) is 0 Å². The fraction of sp³-hybridized carbons (Fsp3) is 0.375. The summed E-state index contributed by atoms with van der Waals surface area (Å²) in [5.41, 5.74) is 5.69. The number of carbonyl (C=O) groups is 1. The van der Waals surface area contributed by atoms with E-state index in [1.807, 2.05) is 6.08 Å². The average molecular weight is 152 g/mol. The minimum atomic E-state index is -0.739. The quantitative estimate of drug-likeness (QED) is 0.531. The molecule has 60 valence electrons. The molecule has 0 saturated carbocycles. The van der Waals surface area contributed by atoms with Crippen molar-refractivity contribution in [1.82, 2.24) is 5.32 Å². The van der Waals surface area contributed by atoms with Crippen molar-refractivity contribution in [2.45, 2.75) is 19.0 Å². The number of amides is 1. The highest BCUT2D eigenvalue weighted by molar-refractivity contribution is 5.94. The summed E-state index contributed by atoms with van der Waals surface area (Å²) >= 11 is 0. The molecular weight excluding hydrogens is 140 g/mol. The lowest BCUT2D eigenvalue weighted by Gasteiger charge is -2.29. The van der Waals surface area contributed by atoms with E-state index < -0.39 is 5.66 Å². The van der Waals surface area contributed by atoms with Gasteiger partial charge in [-0.1, -0.05) is 18.7 Å². The number of hydrogen-bond donors (Lipinski definition) is 2. The monoisotopic (exact) mass is 152 g/mol. The lowest BCUT2D eigenvalue weighted by Crippen LogP contribution is -2.56. The normalized spacial score (nSPS) is 30.7. The van der Waals surface area contributed by atoms with E-state index in [4.69, 9.17) is 5.73 Å². The highest BCUT2D eigenvalue weighted by Crippen LogP contribution is 2.13. The molecule has 0 aromatic rings. The van der Waals surface area contributed by atoms with Crippen molar-refractivity contribution in [1.29, 1.82) is 0 Å². The van der Waals surface area contributed by atoms with Crippen molar-refractivity contribution in [2.75, 3.05) is 0 Å². The first-order valence-electron chi connectivity index (χ1n) is 3.49. The van der Waals surface area contributed by atoms with Crippen LogP contribution in [-0.4, -0.2) is 11.6 Å². The van der Waals surface area contributed by atoms with Gasteiger partial charge in [-0.05, 0) is 6.92 Å². The molecule has 3 N–H and O–H groups in total. The van der Waals surface area contributed by atoms with Crippen LogP contribution in [0.15, 0.2) is 24.3 Å². The Labute approximate surface area is 66.0 Å². The van der Waals surface area contributed by atoms with Crippen molar-refractivity contribution >= 4 is 5.91 Å². The lowest BCUT2D eigenvalue weighted by molar-refractivity contribution is -0.119. The second kappa shape index (κ2) is 2.51. The van der Waals surface area contributed by atoms with E-state index >= 15 is 0 Å². The predicted molar refractivity (Wildman–Crippen MR) is 43.6 cm³/mol. The van der Waals surface area contributed by atoms with E-state index in [1.54, 1.807) is 13.0 Å². The van der Waals surface area contributed by atoms with E-state index in [9.17, 15) is 4.79 Å². The van der Waals surface area contributed by atoms with Gasteiger partial charge in [0.05, 0.1) is 0 Å². The molecule has 0 radical (unpaired) electrons. The summed E-state index contributed by atoms with van der Waals surface area (Å²) in [6.07, 6.45) is 3.99. The Kier molecular flexibility index (Phi) is 1.83. The van der Waals surface area contributed by atoms with Gasteiger partial charge in [0.15, 0.2) is 0 Å². The molecule has 3 nitrogen and oxygen atoms in total. The first-order valence-corrected chi connectivity index (χ1v) is 3.49. The first kappa shape index (κ1) is 8.01. The first-order chi connectivity index (χ1) is 5.07. The van der Waals surface area contributed by atoms with Gasteiger partial charge >= 0.3 is 0 Å². The molecule has 1 atom stereocenters. The zero-order valence-electron chi connectivity index (χ0n) is 6.55. The Bertz CT molecular complexity index is 232. The van der Waals surface area contributed by atoms with Crippen LogP contribution in [0.1, 0.15) is 13.3 Å². The molecular formula is C8H12N2O. The lowest BCUT2D eigenvalue weighted by atomic mass is 10.0. The Balaban J connectivity index is 2.85. The maximum Gasteiger partial charge on any atom is 0.248 e. The molecule has 0 aromatic heterocycles. The van der Waals surface area contributed by atoms with Gasteiger partial charge in [-0.25, -0.2) is 0 Å². The second-order valence-corrected chi connectivity index (χ2v) is 2.79. The fourth-order valence-electron chi connectivity index (χ4n) is 0.910. The van der Waals surface area contributed by atoms with Crippen molar-refractivity contribution < 1.29 is 4.79 Å². The summed E-state index contributed by atoms with van der Waals surface area (Å²) in [5.74, 6) is -0.112. The van der Waals surface area contributed by atoms with Gasteiger partial charge in [-0.3, -0.25) is 4.79 Å². The predicted octanol–water partition coefficient (Wildman–Crippen LogP) is 0.294. The third-order valence-electron chi connectivity index (χ3n) is 1.81. The van der Waals surface area contributed by atoms with Gasteiger partial charge in [0.2, 0.25) is 5.91 Å². The van der Waals surface area contributed by atoms with E-state index in [0.29, 0.717) is 12.0 Å². The number of carbonyl (C=O) groups excluding carboxylic acids is 1. The molecule has 0 fully saturated rings. The third-order valence-corrected chi connectivity index (χ3v) is 1.81. The summed E-state index contributed by atoms with van der Waals surface area (Å²) in [7, 11) is 0. The van der Waals surface area contributed by atoms with Gasteiger partial charge in [0.1, 0.15) is 5.66 Å². The van der Waals surface area contributed by atoms with E-state index in [2.05, 4.69) is 11.9 Å². The largest absolute Gasteiger partial charge is 0.331 e. The maximum absolute atomic E-state index is 11.1. The molecule has 3 heteroatoms. The summed E-state index contributed by atoms with van der Waals surface area (Å²) < 4.78 is 0. The number of nitrogens with one attached hydrogen (secondary N) is 1. The van der Waals surface area contributed by atoms with Crippen molar-refractivity contribution in [2.24, 2.45) is 5.73 Å². The highest BCUT2D eigenvalue weighted by Gasteiger charge is 2.26. The summed E-state index contributed by atoms with van der Waals surface area (Å²) in [4.78, 5) is 11.1. The van der Waals surface area contributed by atoms with E-state index in [0.717, 1.165) is 0 Å². The molecule has 1 unspecified atom stereocenters. The zero-order valence-corrected chi connectivity index (χ0v) is 6.55. The maximum atomic E-state index is 11.1. The highest BCUT2D eigenvalue weighted by atomic mass is 16.2. The van der Waals surface area contributed by atoms with Crippen LogP contribution in [0.5, 0.6) is 0 Å². The third kappa shape index (κ3) is 1.49. The minimum Gasteiger partial charge on any atom is -0.331 e. The van der Waals surface area contributed by atoms with E-state index in [1.165, 1.54) is 0 Å². The molecule has 1 aliphatic rings. The van der Waals surface area contributed by atoms with Crippen molar-refractivity contribution in [3.05, 3.63) is 24.3 Å². The smallest absolute Gasteiger partial charge is 0.248 e. The SMILES string of the molecule is C=CC1(N)CC=C(C)C(=O)N1. The van der Waals surface area contributed by atoms with Gasteiger partial charge in [0.25, 0.3) is 0 Å². The molecule has 0 aromatic carbocycles. The second-order valence-electron chi connectivity index (χ2n) is 2.79. The minimum absolute atomic E-state index is 0.112. The standard InChI is InChI=1S/C8H12N2O/c1-3-8(9)5-4-6(2)7(11)10-8/h3-4H,1,5,9H2,2H3,(H,10,11). The molecule has 0 spiro atoms. The molecule has 1 rings (SSSR count). The van der Waals surface area contributed by atoms with Crippen LogP contribution < -0.4 is 11.1 Å². The fourth-order valence-corrected chi connectivity index (χ4v) is 0.910. The molecule has 0 aliphatic carbocycles. The number of nitrogens with two attached hydrogens (primary N) is 1. The summed E-state index contributed by atoms with van der Waals surface area (Å²) in [6, 6.07) is 0. The Morgan fingerprint density at radius 1 is 1.91 bits per heavy atom. The van der Waals surface area contributed by atoms with Gasteiger partial charge in [0, 0.05) is 12.0 Å². The topological polar surface area (TPSA) is 55.1 Å². The van der Waals surface area contributed by atoms with Crippen LogP contribution in [0.4, 0.5) is 0 Å². The van der Waals surface area contributed by atoms with Crippen LogP contribution in [-0.2, 0) is 4.79 Å². The van der Waals surface area contributed by atoms with Crippen LogP contribution in [0.2, 0.25) is 0 Å². The Morgan fingerprint density at radius 3 is 3.00 bits per heavy atom. The summed E-state index contributed by atoms with van der Waals surface area (Å²) in [6.45, 7) is 5.31. The molecule has 1 heterocycles. The van der Waals surface area contributed by atoms with Gasteiger partial charge in [-0.2, -0.15) is 0 Å². The Hall–Kier alpha value is -1.09. The zero-order chi connectivity index (χ0) is 8.48. The van der Waals surface area contributed by atoms with Crippen LogP contribution in [0, 0.1) is 0 Å². The average Bonchev–Trinajstić information content (AvgIpc) is 1.98. The summed E-state index contributed by atoms with van der Waals surface area (Å²) in [5, 5.41) is 2.64. The van der Waals surface area contributed by atoms with Gasteiger partial charge < -0.3 is 11.1 Å². The van der Waals surface area contributed by atoms with Crippen LogP contribution >= 0.6 is 0 Å². The molecule has 0 bridgehead atoms. The van der Waals surface area contributed by atoms with E-state index in [-0.39, 0.29) is 5.91 Å².